The average molecular weight is 328 g/mol. The monoisotopic (exact) mass is 328 g/mol. The van der Waals surface area contributed by atoms with Crippen LogP contribution in [0.25, 0.3) is 11.1 Å². The Labute approximate surface area is 117 Å². The molecule has 118 valence electrons. The molecule has 0 bridgehead atoms. The Hall–Kier alpha value is -2.32. The van der Waals surface area contributed by atoms with E-state index in [4.69, 9.17) is 0 Å². The van der Waals surface area contributed by atoms with E-state index in [0.717, 1.165) is 0 Å². The second-order valence-corrected chi connectivity index (χ2v) is 3.96. The molecule has 0 aromatic heterocycles. The summed E-state index contributed by atoms with van der Waals surface area (Å²) in [5, 5.41) is 0. The third kappa shape index (κ3) is 2.70. The van der Waals surface area contributed by atoms with E-state index in [-0.39, 0.29) is 0 Å². The predicted octanol–water partition coefficient (Wildman–Crippen LogP) is 4.79. The van der Waals surface area contributed by atoms with Gasteiger partial charge in [0.1, 0.15) is 11.6 Å². The third-order valence-corrected chi connectivity index (χ3v) is 2.64. The summed E-state index contributed by atoms with van der Waals surface area (Å²) in [6.45, 7) is -3.45. The lowest BCUT2D eigenvalue weighted by atomic mass is 10.0. The number of benzene rings is 2. The van der Waals surface area contributed by atoms with E-state index in [1.165, 1.54) is 0 Å². The second-order valence-electron chi connectivity index (χ2n) is 3.96. The minimum Gasteiger partial charge on any atom is -0.434 e. The van der Waals surface area contributed by atoms with E-state index in [1.54, 1.807) is 0 Å². The van der Waals surface area contributed by atoms with Gasteiger partial charge in [0.2, 0.25) is 5.82 Å². The van der Waals surface area contributed by atoms with Crippen LogP contribution in [0.5, 0.6) is 5.75 Å². The molecule has 22 heavy (non-hydrogen) atoms. The Kier molecular flexibility index (Phi) is 4.25. The van der Waals surface area contributed by atoms with Crippen molar-refractivity contribution in [3.05, 3.63) is 53.1 Å². The summed E-state index contributed by atoms with van der Waals surface area (Å²) in [5.41, 5.74) is -2.60. The van der Waals surface area contributed by atoms with Crippen LogP contribution in [-0.4, -0.2) is 6.61 Å². The fraction of sp³-hybridized carbons (Fsp3) is 0.0769. The lowest BCUT2D eigenvalue weighted by Crippen LogP contribution is -2.07. The molecule has 0 fully saturated rings. The summed E-state index contributed by atoms with van der Waals surface area (Å²) in [4.78, 5) is 0. The second kappa shape index (κ2) is 5.82. The van der Waals surface area contributed by atoms with Gasteiger partial charge in [0.15, 0.2) is 23.3 Å². The molecular formula is C13H4F8O. The van der Waals surface area contributed by atoms with Crippen LogP contribution >= 0.6 is 0 Å². The van der Waals surface area contributed by atoms with Gasteiger partial charge in [-0.1, -0.05) is 0 Å². The standard InChI is InChI=1S/C13H4F8O/c14-4-1-2-6(22-13(20)21)5(3-4)7-8(15)10(17)12(19)11(18)9(7)16/h1-3,13H. The van der Waals surface area contributed by atoms with Gasteiger partial charge >= 0.3 is 6.61 Å². The molecular weight excluding hydrogens is 324 g/mol. The molecule has 9 heteroatoms. The van der Waals surface area contributed by atoms with Gasteiger partial charge in [0.25, 0.3) is 0 Å². The maximum absolute atomic E-state index is 13.7. The molecule has 0 aliphatic carbocycles. The number of ether oxygens (including phenoxy) is 1. The highest BCUT2D eigenvalue weighted by atomic mass is 19.3. The van der Waals surface area contributed by atoms with Crippen LogP contribution < -0.4 is 4.74 Å². The zero-order valence-corrected chi connectivity index (χ0v) is 10.2. The first-order chi connectivity index (χ1) is 10.2. The van der Waals surface area contributed by atoms with Gasteiger partial charge < -0.3 is 4.74 Å². The molecule has 0 amide bonds. The molecule has 0 N–H and O–H groups in total. The van der Waals surface area contributed by atoms with Crippen LogP contribution in [-0.2, 0) is 0 Å². The van der Waals surface area contributed by atoms with Crippen molar-refractivity contribution in [3.63, 3.8) is 0 Å². The van der Waals surface area contributed by atoms with Crippen LogP contribution in [0.3, 0.4) is 0 Å². The van der Waals surface area contributed by atoms with Crippen molar-refractivity contribution >= 4 is 0 Å². The Balaban J connectivity index is 2.79. The lowest BCUT2D eigenvalue weighted by molar-refractivity contribution is -0.0495. The molecule has 0 saturated heterocycles. The van der Waals surface area contributed by atoms with Crippen LogP contribution in [0, 0.1) is 34.9 Å². The highest BCUT2D eigenvalue weighted by Crippen LogP contribution is 2.37. The van der Waals surface area contributed by atoms with Crippen molar-refractivity contribution in [1.29, 1.82) is 0 Å². The molecule has 0 aliphatic rings. The first-order valence-corrected chi connectivity index (χ1v) is 5.50. The first-order valence-electron chi connectivity index (χ1n) is 5.50. The molecule has 2 aromatic carbocycles. The topological polar surface area (TPSA) is 9.23 Å². The number of rotatable bonds is 3. The highest BCUT2D eigenvalue weighted by Gasteiger charge is 2.29. The van der Waals surface area contributed by atoms with Crippen LogP contribution in [0.15, 0.2) is 18.2 Å². The molecule has 2 aromatic rings. The molecule has 0 aliphatic heterocycles. The SMILES string of the molecule is Fc1ccc(OC(F)F)c(-c2c(F)c(F)c(F)c(F)c2F)c1. The maximum atomic E-state index is 13.7. The maximum Gasteiger partial charge on any atom is 0.387 e. The van der Waals surface area contributed by atoms with Crippen molar-refractivity contribution in [2.24, 2.45) is 0 Å². The van der Waals surface area contributed by atoms with E-state index < -0.39 is 58.4 Å². The van der Waals surface area contributed by atoms with Gasteiger partial charge in [0, 0.05) is 5.56 Å². The summed E-state index contributed by atoms with van der Waals surface area (Å²) in [7, 11) is 0. The van der Waals surface area contributed by atoms with Crippen LogP contribution in [0.4, 0.5) is 35.1 Å². The number of alkyl halides is 2. The van der Waals surface area contributed by atoms with Crippen molar-refractivity contribution in [1.82, 2.24) is 0 Å². The summed E-state index contributed by atoms with van der Waals surface area (Å²) < 4.78 is 108. The summed E-state index contributed by atoms with van der Waals surface area (Å²) in [6.07, 6.45) is 0. The largest absolute Gasteiger partial charge is 0.434 e. The van der Waals surface area contributed by atoms with E-state index in [9.17, 15) is 35.1 Å². The number of halogens is 8. The Bertz CT molecular complexity index is 699. The van der Waals surface area contributed by atoms with Gasteiger partial charge in [-0.3, -0.25) is 0 Å². The zero-order valence-electron chi connectivity index (χ0n) is 10.2. The molecule has 0 unspecified atom stereocenters. The predicted molar refractivity (Wildman–Crippen MR) is 58.3 cm³/mol. The zero-order chi connectivity index (χ0) is 16.6. The fourth-order valence-corrected chi connectivity index (χ4v) is 1.74. The molecule has 0 spiro atoms. The molecule has 0 heterocycles. The van der Waals surface area contributed by atoms with E-state index in [1.807, 2.05) is 0 Å². The minimum absolute atomic E-state index is 0.315. The van der Waals surface area contributed by atoms with Crippen molar-refractivity contribution in [2.45, 2.75) is 6.61 Å². The quantitative estimate of drug-likeness (QED) is 0.447. The van der Waals surface area contributed by atoms with E-state index in [2.05, 4.69) is 4.74 Å². The van der Waals surface area contributed by atoms with Gasteiger partial charge in [-0.25, -0.2) is 26.3 Å². The normalized spacial score (nSPS) is 11.1. The van der Waals surface area contributed by atoms with Crippen molar-refractivity contribution < 1.29 is 39.9 Å². The van der Waals surface area contributed by atoms with Gasteiger partial charge in [-0.05, 0) is 18.2 Å². The van der Waals surface area contributed by atoms with Crippen molar-refractivity contribution in [2.75, 3.05) is 0 Å². The molecule has 0 saturated carbocycles. The third-order valence-electron chi connectivity index (χ3n) is 2.64. The van der Waals surface area contributed by atoms with Gasteiger partial charge in [-0.15, -0.1) is 0 Å². The first kappa shape index (κ1) is 16.1. The number of hydrogen-bond donors (Lipinski definition) is 0. The summed E-state index contributed by atoms with van der Waals surface area (Å²) in [5.74, 6) is -13.7. The molecule has 0 radical (unpaired) electrons. The summed E-state index contributed by atoms with van der Waals surface area (Å²) >= 11 is 0. The lowest BCUT2D eigenvalue weighted by Gasteiger charge is -2.13. The Morgan fingerprint density at radius 1 is 0.727 bits per heavy atom. The van der Waals surface area contributed by atoms with Gasteiger partial charge in [-0.2, -0.15) is 8.78 Å². The van der Waals surface area contributed by atoms with Crippen molar-refractivity contribution in [3.8, 4) is 16.9 Å². The molecule has 0 atom stereocenters. The van der Waals surface area contributed by atoms with E-state index in [0.29, 0.717) is 18.2 Å². The average Bonchev–Trinajstić information content (AvgIpc) is 2.45. The highest BCUT2D eigenvalue weighted by molar-refractivity contribution is 5.72. The fourth-order valence-electron chi connectivity index (χ4n) is 1.74. The smallest absolute Gasteiger partial charge is 0.387 e. The summed E-state index contributed by atoms with van der Waals surface area (Å²) in [6, 6.07) is 1.51. The molecule has 1 nitrogen and oxygen atoms in total. The Morgan fingerprint density at radius 2 is 1.23 bits per heavy atom. The molecule has 2 rings (SSSR count). The minimum atomic E-state index is -3.45. The Morgan fingerprint density at radius 3 is 1.73 bits per heavy atom. The number of hydrogen-bond acceptors (Lipinski definition) is 1. The van der Waals surface area contributed by atoms with Crippen LogP contribution in [0.2, 0.25) is 0 Å². The van der Waals surface area contributed by atoms with E-state index >= 15 is 0 Å². The van der Waals surface area contributed by atoms with Gasteiger partial charge in [0.05, 0.1) is 5.56 Å². The van der Waals surface area contributed by atoms with Crippen LogP contribution in [0.1, 0.15) is 0 Å².